The minimum Gasteiger partial charge on any atom is -0.505 e. The fraction of sp³-hybridized carbons (Fsp3) is 0.300. The molecular formula is C10H13FN2O2. The Balaban J connectivity index is 2.58. The second-order valence-corrected chi connectivity index (χ2v) is 3.29. The van der Waals surface area contributed by atoms with Gasteiger partial charge >= 0.3 is 0 Å². The van der Waals surface area contributed by atoms with Gasteiger partial charge in [0.2, 0.25) is 5.91 Å². The minimum atomic E-state index is -0.706. The Labute approximate surface area is 86.9 Å². The van der Waals surface area contributed by atoms with Crippen LogP contribution in [0.25, 0.3) is 0 Å². The zero-order valence-electron chi connectivity index (χ0n) is 8.33. The van der Waals surface area contributed by atoms with Gasteiger partial charge in [0.05, 0.1) is 6.04 Å². The van der Waals surface area contributed by atoms with Crippen molar-refractivity contribution in [3.05, 3.63) is 29.6 Å². The summed E-state index contributed by atoms with van der Waals surface area (Å²) in [5.41, 5.74) is 5.90. The molecule has 0 aliphatic carbocycles. The molecule has 0 saturated carbocycles. The van der Waals surface area contributed by atoms with Crippen molar-refractivity contribution in [3.8, 4) is 5.75 Å². The maximum atomic E-state index is 12.9. The van der Waals surface area contributed by atoms with E-state index in [1.807, 2.05) is 0 Å². The molecule has 4 N–H and O–H groups in total. The summed E-state index contributed by atoms with van der Waals surface area (Å²) in [5, 5.41) is 11.5. The molecule has 5 heteroatoms. The number of amides is 1. The van der Waals surface area contributed by atoms with Gasteiger partial charge in [-0.1, -0.05) is 6.07 Å². The third kappa shape index (κ3) is 3.21. The van der Waals surface area contributed by atoms with Crippen molar-refractivity contribution in [2.45, 2.75) is 19.5 Å². The van der Waals surface area contributed by atoms with Crippen LogP contribution in [-0.2, 0) is 11.3 Å². The second kappa shape index (κ2) is 4.75. The summed E-state index contributed by atoms with van der Waals surface area (Å²) in [6, 6.07) is 3.34. The number of halogens is 1. The van der Waals surface area contributed by atoms with E-state index < -0.39 is 17.6 Å². The fourth-order valence-electron chi connectivity index (χ4n) is 1.01. The van der Waals surface area contributed by atoms with Crippen molar-refractivity contribution >= 4 is 5.91 Å². The summed E-state index contributed by atoms with van der Waals surface area (Å²) >= 11 is 0. The SMILES string of the molecule is CC(N)C(=O)NCc1ccc(O)c(F)c1. The average Bonchev–Trinajstić information content (AvgIpc) is 2.19. The maximum absolute atomic E-state index is 12.9. The molecule has 1 aromatic rings. The van der Waals surface area contributed by atoms with Crippen LogP contribution in [0.15, 0.2) is 18.2 Å². The Morgan fingerprint density at radius 3 is 2.87 bits per heavy atom. The number of nitrogens with two attached hydrogens (primary N) is 1. The standard InChI is InChI=1S/C10H13FN2O2/c1-6(12)10(15)13-5-7-2-3-9(14)8(11)4-7/h2-4,6,14H,5,12H2,1H3,(H,13,15). The Kier molecular flexibility index (Phi) is 3.62. The van der Waals surface area contributed by atoms with Gasteiger partial charge in [-0.15, -0.1) is 0 Å². The quantitative estimate of drug-likeness (QED) is 0.682. The number of carbonyl (C=O) groups excluding carboxylic acids is 1. The van der Waals surface area contributed by atoms with Crippen LogP contribution in [0.3, 0.4) is 0 Å². The van der Waals surface area contributed by atoms with Gasteiger partial charge in [0.15, 0.2) is 11.6 Å². The largest absolute Gasteiger partial charge is 0.505 e. The molecule has 0 radical (unpaired) electrons. The highest BCUT2D eigenvalue weighted by atomic mass is 19.1. The van der Waals surface area contributed by atoms with Crippen molar-refractivity contribution in [3.63, 3.8) is 0 Å². The zero-order valence-corrected chi connectivity index (χ0v) is 8.33. The van der Waals surface area contributed by atoms with Gasteiger partial charge < -0.3 is 16.2 Å². The number of phenolic OH excluding ortho intramolecular Hbond substituents is 1. The molecule has 15 heavy (non-hydrogen) atoms. The van der Waals surface area contributed by atoms with E-state index in [1.54, 1.807) is 6.92 Å². The van der Waals surface area contributed by atoms with Crippen LogP contribution >= 0.6 is 0 Å². The van der Waals surface area contributed by atoms with E-state index in [0.717, 1.165) is 6.07 Å². The Morgan fingerprint density at radius 2 is 2.33 bits per heavy atom. The number of phenols is 1. The molecule has 0 heterocycles. The Bertz CT molecular complexity index is 366. The predicted octanol–water partition coefficient (Wildman–Crippen LogP) is 0.495. The minimum absolute atomic E-state index is 0.192. The molecule has 82 valence electrons. The van der Waals surface area contributed by atoms with Crippen molar-refractivity contribution in [1.29, 1.82) is 0 Å². The average molecular weight is 212 g/mol. The molecule has 0 aliphatic heterocycles. The fourth-order valence-corrected chi connectivity index (χ4v) is 1.01. The van der Waals surface area contributed by atoms with Gasteiger partial charge in [-0.2, -0.15) is 0 Å². The molecule has 4 nitrogen and oxygen atoms in total. The molecule has 0 spiro atoms. The molecule has 1 aromatic carbocycles. The first-order valence-corrected chi connectivity index (χ1v) is 4.51. The van der Waals surface area contributed by atoms with E-state index in [2.05, 4.69) is 5.32 Å². The number of hydrogen-bond acceptors (Lipinski definition) is 3. The molecule has 0 aromatic heterocycles. The predicted molar refractivity (Wildman–Crippen MR) is 53.6 cm³/mol. The number of benzene rings is 1. The number of aromatic hydroxyl groups is 1. The Hall–Kier alpha value is -1.62. The lowest BCUT2D eigenvalue weighted by Gasteiger charge is -2.07. The lowest BCUT2D eigenvalue weighted by atomic mass is 10.2. The third-order valence-electron chi connectivity index (χ3n) is 1.89. The molecule has 0 saturated heterocycles. The van der Waals surface area contributed by atoms with Gasteiger partial charge in [-0.25, -0.2) is 4.39 Å². The van der Waals surface area contributed by atoms with Crippen LogP contribution in [0.5, 0.6) is 5.75 Å². The van der Waals surface area contributed by atoms with Crippen molar-refractivity contribution < 1.29 is 14.3 Å². The van der Waals surface area contributed by atoms with E-state index in [-0.39, 0.29) is 12.5 Å². The topological polar surface area (TPSA) is 75.4 Å². The molecule has 0 bridgehead atoms. The van der Waals surface area contributed by atoms with Gasteiger partial charge in [0.25, 0.3) is 0 Å². The maximum Gasteiger partial charge on any atom is 0.236 e. The van der Waals surface area contributed by atoms with E-state index in [1.165, 1.54) is 12.1 Å². The van der Waals surface area contributed by atoms with Crippen molar-refractivity contribution in [2.24, 2.45) is 5.73 Å². The number of rotatable bonds is 3. The highest BCUT2D eigenvalue weighted by Gasteiger charge is 2.07. The first-order valence-electron chi connectivity index (χ1n) is 4.51. The van der Waals surface area contributed by atoms with E-state index in [4.69, 9.17) is 10.8 Å². The van der Waals surface area contributed by atoms with E-state index in [9.17, 15) is 9.18 Å². The lowest BCUT2D eigenvalue weighted by molar-refractivity contribution is -0.122. The summed E-state index contributed by atoms with van der Waals surface area (Å²) in [6.07, 6.45) is 0. The van der Waals surface area contributed by atoms with Crippen LogP contribution in [0.1, 0.15) is 12.5 Å². The molecular weight excluding hydrogens is 199 g/mol. The van der Waals surface area contributed by atoms with Crippen LogP contribution in [0, 0.1) is 5.82 Å². The first kappa shape index (κ1) is 11.5. The second-order valence-electron chi connectivity index (χ2n) is 3.29. The molecule has 1 rings (SSSR count). The molecule has 1 atom stereocenters. The van der Waals surface area contributed by atoms with E-state index in [0.29, 0.717) is 5.56 Å². The third-order valence-corrected chi connectivity index (χ3v) is 1.89. The highest BCUT2D eigenvalue weighted by Crippen LogP contribution is 2.15. The van der Waals surface area contributed by atoms with Crippen LogP contribution in [0.2, 0.25) is 0 Å². The van der Waals surface area contributed by atoms with Crippen molar-refractivity contribution in [2.75, 3.05) is 0 Å². The normalized spacial score (nSPS) is 12.2. The summed E-state index contributed by atoms with van der Waals surface area (Å²) in [7, 11) is 0. The lowest BCUT2D eigenvalue weighted by Crippen LogP contribution is -2.37. The smallest absolute Gasteiger partial charge is 0.236 e. The van der Waals surface area contributed by atoms with Crippen LogP contribution in [-0.4, -0.2) is 17.1 Å². The number of hydrogen-bond donors (Lipinski definition) is 3. The van der Waals surface area contributed by atoms with Gasteiger partial charge in [-0.3, -0.25) is 4.79 Å². The summed E-state index contributed by atoms with van der Waals surface area (Å²) < 4.78 is 12.9. The number of nitrogens with one attached hydrogen (secondary N) is 1. The van der Waals surface area contributed by atoms with Gasteiger partial charge in [-0.05, 0) is 24.6 Å². The summed E-state index contributed by atoms with van der Waals surface area (Å²) in [5.74, 6) is -1.41. The summed E-state index contributed by atoms with van der Waals surface area (Å²) in [6.45, 7) is 1.75. The molecule has 1 unspecified atom stereocenters. The van der Waals surface area contributed by atoms with Crippen LogP contribution < -0.4 is 11.1 Å². The van der Waals surface area contributed by atoms with E-state index >= 15 is 0 Å². The molecule has 1 amide bonds. The zero-order chi connectivity index (χ0) is 11.4. The van der Waals surface area contributed by atoms with Gasteiger partial charge in [0, 0.05) is 6.54 Å². The summed E-state index contributed by atoms with van der Waals surface area (Å²) in [4.78, 5) is 11.1. The highest BCUT2D eigenvalue weighted by molar-refractivity contribution is 5.80. The van der Waals surface area contributed by atoms with Gasteiger partial charge in [0.1, 0.15) is 0 Å². The monoisotopic (exact) mass is 212 g/mol. The van der Waals surface area contributed by atoms with Crippen LogP contribution in [0.4, 0.5) is 4.39 Å². The Morgan fingerprint density at radius 1 is 1.67 bits per heavy atom. The molecule has 0 fully saturated rings. The number of carbonyl (C=O) groups is 1. The first-order chi connectivity index (χ1) is 7.00. The molecule has 0 aliphatic rings. The van der Waals surface area contributed by atoms with Crippen molar-refractivity contribution in [1.82, 2.24) is 5.32 Å².